The van der Waals surface area contributed by atoms with Crippen LogP contribution in [0, 0.1) is 18.6 Å². The van der Waals surface area contributed by atoms with Crippen molar-refractivity contribution in [2.24, 2.45) is 0 Å². The molecule has 0 aliphatic carbocycles. The fourth-order valence-electron chi connectivity index (χ4n) is 9.58. The molecule has 10 nitrogen and oxygen atoms in total. The van der Waals surface area contributed by atoms with E-state index < -0.39 is 43.2 Å². The molecule has 0 amide bonds. The van der Waals surface area contributed by atoms with Crippen LogP contribution in [0.25, 0.3) is 11.7 Å². The van der Waals surface area contributed by atoms with E-state index in [1.165, 1.54) is 16.4 Å². The number of halogens is 2. The number of aromatic nitrogens is 3. The fourth-order valence-corrected chi connectivity index (χ4v) is 14.3. The predicted molar refractivity (Wildman–Crippen MR) is 277 cm³/mol. The van der Waals surface area contributed by atoms with Crippen LogP contribution in [0.2, 0.25) is 5.04 Å². The number of unbranched alkanes of at least 4 members (excludes halogenated alkanes) is 1. The van der Waals surface area contributed by atoms with Crippen molar-refractivity contribution in [3.8, 4) is 5.75 Å². The molecule has 7 rings (SSSR count). The standard InChI is InChI=1S/C57H70F2N4O6Si/c1-40(69-70(56(6,7)8,44-26-15-11-16-27-44)45-28-17-12-18-29-45)22-19-20-37-67-57(9)33-35-62(36-34-57)53-50(52(54(64)65)68-55(3,4)5)41(2)60-49-38-43(61-63(49)53)25-21-30-46-48(32-31-47(58)51(46)59)66-39-42-23-13-10-14-24-42/h10-18,21,23-29,31-32,38,40,52H,19-20,22,30,33-37,39H2,1-9H3,(H,64,65). The summed E-state index contributed by atoms with van der Waals surface area (Å²) >= 11 is 0. The molecule has 0 spiro atoms. The van der Waals surface area contributed by atoms with Crippen molar-refractivity contribution in [2.45, 2.75) is 136 Å². The number of rotatable bonds is 20. The van der Waals surface area contributed by atoms with Crippen molar-refractivity contribution in [3.63, 3.8) is 0 Å². The lowest BCUT2D eigenvalue weighted by Crippen LogP contribution is -2.67. The topological polar surface area (TPSA) is 108 Å². The Bertz CT molecular complexity index is 2670. The number of aliphatic carboxylic acids is 1. The van der Waals surface area contributed by atoms with Crippen LogP contribution in [0.1, 0.15) is 122 Å². The van der Waals surface area contributed by atoms with Gasteiger partial charge >= 0.3 is 5.97 Å². The lowest BCUT2D eigenvalue weighted by molar-refractivity contribution is -0.160. The number of benzene rings is 4. The fraction of sp³-hybridized carbons (Fsp3) is 0.421. The van der Waals surface area contributed by atoms with Crippen molar-refractivity contribution >= 4 is 42.2 Å². The number of fused-ring (bicyclic) bond motifs is 1. The summed E-state index contributed by atoms with van der Waals surface area (Å²) in [6, 6.07) is 35.3. The average Bonchev–Trinajstić information content (AvgIpc) is 3.73. The summed E-state index contributed by atoms with van der Waals surface area (Å²) in [7, 11) is -2.66. The van der Waals surface area contributed by atoms with E-state index in [1.807, 2.05) is 51.1 Å². The lowest BCUT2D eigenvalue weighted by atomic mass is 9.92. The summed E-state index contributed by atoms with van der Waals surface area (Å²) in [5.74, 6) is -2.23. The van der Waals surface area contributed by atoms with Crippen LogP contribution in [-0.4, -0.2) is 71.0 Å². The number of aryl methyl sites for hydroxylation is 1. The number of carboxylic acids is 1. The molecule has 372 valence electrons. The van der Waals surface area contributed by atoms with Crippen LogP contribution in [0.5, 0.6) is 5.75 Å². The molecule has 0 saturated carbocycles. The molecule has 13 heteroatoms. The van der Waals surface area contributed by atoms with E-state index in [9.17, 15) is 14.3 Å². The first kappa shape index (κ1) is 52.1. The minimum atomic E-state index is -2.66. The van der Waals surface area contributed by atoms with E-state index in [0.29, 0.717) is 61.0 Å². The number of hydrogen-bond acceptors (Lipinski definition) is 8. The van der Waals surface area contributed by atoms with Gasteiger partial charge in [-0.1, -0.05) is 118 Å². The summed E-state index contributed by atoms with van der Waals surface area (Å²) in [4.78, 5) is 20.0. The van der Waals surface area contributed by atoms with Crippen LogP contribution >= 0.6 is 0 Å². The number of carboxylic acid groups (broad SMARTS) is 1. The molecule has 2 atom stereocenters. The Morgan fingerprint density at radius 3 is 2.09 bits per heavy atom. The van der Waals surface area contributed by atoms with Crippen molar-refractivity contribution in [1.82, 2.24) is 14.6 Å². The minimum Gasteiger partial charge on any atom is -0.489 e. The van der Waals surface area contributed by atoms with Crippen LogP contribution in [-0.2, 0) is 31.7 Å². The largest absolute Gasteiger partial charge is 0.489 e. The third-order valence-corrected chi connectivity index (χ3v) is 18.3. The number of anilines is 1. The quantitative estimate of drug-likeness (QED) is 0.0591. The third kappa shape index (κ3) is 12.2. The molecule has 2 unspecified atom stereocenters. The molecule has 1 aliphatic heterocycles. The summed E-state index contributed by atoms with van der Waals surface area (Å²) in [6.07, 6.45) is 6.34. The van der Waals surface area contributed by atoms with Crippen LogP contribution < -0.4 is 20.0 Å². The third-order valence-electron chi connectivity index (χ3n) is 13.2. The maximum atomic E-state index is 15.3. The van der Waals surface area contributed by atoms with Gasteiger partial charge in [0.25, 0.3) is 8.32 Å². The van der Waals surface area contributed by atoms with Crippen LogP contribution in [0.4, 0.5) is 14.6 Å². The van der Waals surface area contributed by atoms with Gasteiger partial charge in [0, 0.05) is 43.1 Å². The molecule has 1 aliphatic rings. The number of ether oxygens (including phenoxy) is 3. The summed E-state index contributed by atoms with van der Waals surface area (Å²) < 4.78 is 57.7. The van der Waals surface area contributed by atoms with Gasteiger partial charge in [-0.2, -0.15) is 9.61 Å². The molecule has 4 aromatic carbocycles. The average molecular weight is 973 g/mol. The zero-order valence-corrected chi connectivity index (χ0v) is 43.3. The molecule has 2 aromatic heterocycles. The maximum Gasteiger partial charge on any atom is 0.337 e. The maximum absolute atomic E-state index is 15.3. The van der Waals surface area contributed by atoms with Crippen molar-refractivity contribution < 1.29 is 37.3 Å². The molecule has 0 radical (unpaired) electrons. The highest BCUT2D eigenvalue weighted by atomic mass is 28.4. The smallest absolute Gasteiger partial charge is 0.337 e. The first-order valence-corrected chi connectivity index (χ1v) is 26.5. The van der Waals surface area contributed by atoms with Gasteiger partial charge in [0.2, 0.25) is 0 Å². The van der Waals surface area contributed by atoms with E-state index in [4.69, 9.17) is 28.7 Å². The highest BCUT2D eigenvalue weighted by Gasteiger charge is 2.51. The van der Waals surface area contributed by atoms with Crippen molar-refractivity contribution in [1.29, 1.82) is 0 Å². The molecule has 1 N–H and O–H groups in total. The van der Waals surface area contributed by atoms with Crippen molar-refractivity contribution in [3.05, 3.63) is 155 Å². The van der Waals surface area contributed by atoms with Gasteiger partial charge < -0.3 is 28.6 Å². The molecule has 1 saturated heterocycles. The molecular formula is C57H70F2N4O6Si. The Labute approximate surface area is 413 Å². The minimum absolute atomic E-state index is 0.0339. The second-order valence-electron chi connectivity index (χ2n) is 20.8. The monoisotopic (exact) mass is 973 g/mol. The number of piperidine rings is 1. The predicted octanol–water partition coefficient (Wildman–Crippen LogP) is 11.6. The zero-order chi connectivity index (χ0) is 50.3. The van der Waals surface area contributed by atoms with Gasteiger partial charge in [-0.15, -0.1) is 0 Å². The van der Waals surface area contributed by atoms with Gasteiger partial charge in [0.05, 0.1) is 22.5 Å². The van der Waals surface area contributed by atoms with Gasteiger partial charge in [0.15, 0.2) is 23.4 Å². The van der Waals surface area contributed by atoms with E-state index in [0.717, 1.165) is 30.9 Å². The summed E-state index contributed by atoms with van der Waals surface area (Å²) in [5.41, 5.74) is 1.77. The van der Waals surface area contributed by atoms with Gasteiger partial charge in [0.1, 0.15) is 18.2 Å². The Balaban J connectivity index is 1.05. The zero-order valence-electron chi connectivity index (χ0n) is 42.3. The normalized spacial score (nSPS) is 15.4. The molecular weight excluding hydrogens is 903 g/mol. The van der Waals surface area contributed by atoms with Crippen LogP contribution in [0.3, 0.4) is 0 Å². The van der Waals surface area contributed by atoms with Crippen LogP contribution in [0.15, 0.2) is 115 Å². The first-order valence-electron chi connectivity index (χ1n) is 24.6. The van der Waals surface area contributed by atoms with Gasteiger partial charge in [-0.05, 0) is 119 Å². The molecule has 3 heterocycles. The highest BCUT2D eigenvalue weighted by Crippen LogP contribution is 2.40. The Morgan fingerprint density at radius 1 is 0.886 bits per heavy atom. The molecule has 0 bridgehead atoms. The van der Waals surface area contributed by atoms with Gasteiger partial charge in [-0.3, -0.25) is 0 Å². The second kappa shape index (κ2) is 22.1. The first-order chi connectivity index (χ1) is 33.3. The van der Waals surface area contributed by atoms with E-state index >= 15 is 4.39 Å². The molecule has 1 fully saturated rings. The van der Waals surface area contributed by atoms with Crippen molar-refractivity contribution in [2.75, 3.05) is 24.6 Å². The Hall–Kier alpha value is -5.73. The van der Waals surface area contributed by atoms with E-state index in [1.54, 1.807) is 29.7 Å². The molecule has 70 heavy (non-hydrogen) atoms. The second-order valence-corrected chi connectivity index (χ2v) is 25.1. The number of hydrogen-bond donors (Lipinski definition) is 1. The molecule has 6 aromatic rings. The highest BCUT2D eigenvalue weighted by molar-refractivity contribution is 6.99. The van der Waals surface area contributed by atoms with E-state index in [-0.39, 0.29) is 35.5 Å². The summed E-state index contributed by atoms with van der Waals surface area (Å²) in [5, 5.41) is 18.0. The van der Waals surface area contributed by atoms with E-state index in [2.05, 4.69) is 100 Å². The number of nitrogens with zero attached hydrogens (tertiary/aromatic N) is 4. The Morgan fingerprint density at radius 2 is 1.50 bits per heavy atom. The number of allylic oxidation sites excluding steroid dienone is 1. The Kier molecular flexibility index (Phi) is 16.5. The number of carbonyl (C=O) groups is 1. The lowest BCUT2D eigenvalue weighted by Gasteiger charge is -2.44. The summed E-state index contributed by atoms with van der Waals surface area (Å²) in [6.45, 7) is 20.5. The van der Waals surface area contributed by atoms with Gasteiger partial charge in [-0.25, -0.2) is 18.6 Å². The SMILES string of the molecule is Cc1nc2cc(C=CCc3c(OCc4ccccc4)ccc(F)c3F)nn2c(N2CCC(C)(OCCCCC(C)O[Si](c3ccccc3)(c3ccccc3)C(C)(C)C)CC2)c1C(OC(C)(C)C)C(=O)O.